The van der Waals surface area contributed by atoms with E-state index in [4.69, 9.17) is 5.73 Å². The number of nitrogens with zero attached hydrogens (tertiary/aromatic N) is 1. The van der Waals surface area contributed by atoms with Gasteiger partial charge in [-0.25, -0.2) is 4.98 Å². The molecular weight excluding hydrogens is 278 g/mol. The molecule has 4 heteroatoms. The Labute approximate surface area is 109 Å². The molecule has 1 aromatic carbocycles. The SMILES string of the molecule is Cc1nc(Nc2ccc(CN)cc2)ccc1Br. The van der Waals surface area contributed by atoms with E-state index < -0.39 is 0 Å². The summed E-state index contributed by atoms with van der Waals surface area (Å²) in [5, 5.41) is 3.25. The van der Waals surface area contributed by atoms with Gasteiger partial charge in [0.1, 0.15) is 5.82 Å². The highest BCUT2D eigenvalue weighted by Gasteiger charge is 1.99. The lowest BCUT2D eigenvalue weighted by Gasteiger charge is -2.07. The predicted molar refractivity (Wildman–Crippen MR) is 74.3 cm³/mol. The van der Waals surface area contributed by atoms with Gasteiger partial charge in [-0.15, -0.1) is 0 Å². The lowest BCUT2D eigenvalue weighted by atomic mass is 10.2. The van der Waals surface area contributed by atoms with Gasteiger partial charge in [0.05, 0.1) is 5.69 Å². The molecule has 1 heterocycles. The molecule has 0 bridgehead atoms. The van der Waals surface area contributed by atoms with Crippen molar-refractivity contribution in [3.05, 3.63) is 52.1 Å². The van der Waals surface area contributed by atoms with Gasteiger partial charge in [0.2, 0.25) is 0 Å². The monoisotopic (exact) mass is 291 g/mol. The molecule has 17 heavy (non-hydrogen) atoms. The van der Waals surface area contributed by atoms with Gasteiger partial charge in [-0.05, 0) is 52.7 Å². The minimum atomic E-state index is 0.565. The van der Waals surface area contributed by atoms with Gasteiger partial charge in [0, 0.05) is 16.7 Å². The van der Waals surface area contributed by atoms with Crippen molar-refractivity contribution in [2.45, 2.75) is 13.5 Å². The fourth-order valence-corrected chi connectivity index (χ4v) is 1.71. The van der Waals surface area contributed by atoms with Crippen molar-refractivity contribution in [3.63, 3.8) is 0 Å². The summed E-state index contributed by atoms with van der Waals surface area (Å²) < 4.78 is 1.02. The van der Waals surface area contributed by atoms with Crippen molar-refractivity contribution in [2.75, 3.05) is 5.32 Å². The molecule has 0 unspecified atom stereocenters. The molecule has 0 fully saturated rings. The molecule has 0 saturated carbocycles. The average molecular weight is 292 g/mol. The molecular formula is C13H14BrN3. The van der Waals surface area contributed by atoms with E-state index in [2.05, 4.69) is 26.2 Å². The Bertz CT molecular complexity index is 509. The van der Waals surface area contributed by atoms with E-state index in [1.54, 1.807) is 0 Å². The average Bonchev–Trinajstić information content (AvgIpc) is 2.35. The lowest BCUT2D eigenvalue weighted by Crippen LogP contribution is -1.98. The van der Waals surface area contributed by atoms with Gasteiger partial charge in [-0.3, -0.25) is 0 Å². The summed E-state index contributed by atoms with van der Waals surface area (Å²) in [5.41, 5.74) is 8.65. The van der Waals surface area contributed by atoms with Crippen LogP contribution in [0, 0.1) is 6.92 Å². The molecule has 0 radical (unpaired) electrons. The van der Waals surface area contributed by atoms with Crippen molar-refractivity contribution in [1.82, 2.24) is 4.98 Å². The van der Waals surface area contributed by atoms with Crippen LogP contribution in [0.4, 0.5) is 11.5 Å². The van der Waals surface area contributed by atoms with Crippen LogP contribution in [0.5, 0.6) is 0 Å². The number of halogens is 1. The van der Waals surface area contributed by atoms with Crippen LogP contribution >= 0.6 is 15.9 Å². The predicted octanol–water partition coefficient (Wildman–Crippen LogP) is 3.35. The number of hydrogen-bond acceptors (Lipinski definition) is 3. The molecule has 1 aromatic heterocycles. The van der Waals surface area contributed by atoms with E-state index in [0.29, 0.717) is 6.54 Å². The zero-order valence-electron chi connectivity index (χ0n) is 9.57. The zero-order chi connectivity index (χ0) is 12.3. The fraction of sp³-hybridized carbons (Fsp3) is 0.154. The second-order valence-electron chi connectivity index (χ2n) is 3.79. The summed E-state index contributed by atoms with van der Waals surface area (Å²) in [6.45, 7) is 2.53. The highest BCUT2D eigenvalue weighted by Crippen LogP contribution is 2.19. The van der Waals surface area contributed by atoms with E-state index in [1.165, 1.54) is 0 Å². The van der Waals surface area contributed by atoms with Crippen molar-refractivity contribution in [3.8, 4) is 0 Å². The van der Waals surface area contributed by atoms with Crippen LogP contribution in [0.15, 0.2) is 40.9 Å². The van der Waals surface area contributed by atoms with Crippen LogP contribution < -0.4 is 11.1 Å². The molecule has 0 saturated heterocycles. The Balaban J connectivity index is 2.16. The van der Waals surface area contributed by atoms with Crippen LogP contribution in [0.25, 0.3) is 0 Å². The van der Waals surface area contributed by atoms with Gasteiger partial charge in [-0.2, -0.15) is 0 Å². The molecule has 0 amide bonds. The van der Waals surface area contributed by atoms with Gasteiger partial charge < -0.3 is 11.1 Å². The summed E-state index contributed by atoms with van der Waals surface area (Å²) in [7, 11) is 0. The third kappa shape index (κ3) is 3.05. The van der Waals surface area contributed by atoms with E-state index in [9.17, 15) is 0 Å². The Kier molecular flexibility index (Phi) is 3.76. The number of pyridine rings is 1. The molecule has 0 aliphatic carbocycles. The van der Waals surface area contributed by atoms with Gasteiger partial charge in [0.15, 0.2) is 0 Å². The highest BCUT2D eigenvalue weighted by molar-refractivity contribution is 9.10. The first kappa shape index (κ1) is 12.1. The number of rotatable bonds is 3. The van der Waals surface area contributed by atoms with Gasteiger partial charge in [-0.1, -0.05) is 12.1 Å². The number of nitrogens with two attached hydrogens (primary N) is 1. The largest absolute Gasteiger partial charge is 0.340 e. The maximum Gasteiger partial charge on any atom is 0.130 e. The molecule has 3 N–H and O–H groups in total. The first-order valence-electron chi connectivity index (χ1n) is 5.38. The van der Waals surface area contributed by atoms with Crippen LogP contribution in [-0.2, 0) is 6.54 Å². The van der Waals surface area contributed by atoms with Crippen LogP contribution in [-0.4, -0.2) is 4.98 Å². The lowest BCUT2D eigenvalue weighted by molar-refractivity contribution is 1.07. The van der Waals surface area contributed by atoms with Crippen LogP contribution in [0.1, 0.15) is 11.3 Å². The third-order valence-corrected chi connectivity index (χ3v) is 3.32. The van der Waals surface area contributed by atoms with Crippen LogP contribution in [0.3, 0.4) is 0 Å². The van der Waals surface area contributed by atoms with Gasteiger partial charge >= 0.3 is 0 Å². The molecule has 2 aromatic rings. The molecule has 2 rings (SSSR count). The van der Waals surface area contributed by atoms with E-state index in [1.807, 2.05) is 43.3 Å². The van der Waals surface area contributed by atoms with Crippen molar-refractivity contribution < 1.29 is 0 Å². The van der Waals surface area contributed by atoms with Gasteiger partial charge in [0.25, 0.3) is 0 Å². The summed E-state index contributed by atoms with van der Waals surface area (Å²) in [6, 6.07) is 11.9. The molecule has 88 valence electrons. The second kappa shape index (κ2) is 5.29. The smallest absolute Gasteiger partial charge is 0.130 e. The summed E-state index contributed by atoms with van der Waals surface area (Å²) in [6.07, 6.45) is 0. The van der Waals surface area contributed by atoms with Crippen LogP contribution in [0.2, 0.25) is 0 Å². The zero-order valence-corrected chi connectivity index (χ0v) is 11.2. The third-order valence-electron chi connectivity index (χ3n) is 2.48. The molecule has 0 aliphatic rings. The van der Waals surface area contributed by atoms with Crippen molar-refractivity contribution >= 4 is 27.4 Å². The minimum Gasteiger partial charge on any atom is -0.340 e. The Morgan fingerprint density at radius 2 is 1.88 bits per heavy atom. The Morgan fingerprint density at radius 3 is 2.47 bits per heavy atom. The maximum atomic E-state index is 5.55. The summed E-state index contributed by atoms with van der Waals surface area (Å²) in [4.78, 5) is 4.43. The number of anilines is 2. The minimum absolute atomic E-state index is 0.565. The maximum absolute atomic E-state index is 5.55. The first-order chi connectivity index (χ1) is 8.19. The van der Waals surface area contributed by atoms with E-state index in [-0.39, 0.29) is 0 Å². The molecule has 0 spiro atoms. The first-order valence-corrected chi connectivity index (χ1v) is 6.17. The number of benzene rings is 1. The molecule has 0 aliphatic heterocycles. The normalized spacial score (nSPS) is 10.3. The van der Waals surface area contributed by atoms with Crippen molar-refractivity contribution in [2.24, 2.45) is 5.73 Å². The highest BCUT2D eigenvalue weighted by atomic mass is 79.9. The number of aromatic nitrogens is 1. The quantitative estimate of drug-likeness (QED) is 0.912. The number of nitrogens with one attached hydrogen (secondary N) is 1. The Hall–Kier alpha value is -1.39. The second-order valence-corrected chi connectivity index (χ2v) is 4.64. The van der Waals surface area contributed by atoms with E-state index in [0.717, 1.165) is 27.2 Å². The topological polar surface area (TPSA) is 50.9 Å². The standard InChI is InChI=1S/C13H14BrN3/c1-9-12(14)6-7-13(16-9)17-11-4-2-10(8-15)3-5-11/h2-7H,8,15H2,1H3,(H,16,17). The Morgan fingerprint density at radius 1 is 1.18 bits per heavy atom. The molecule has 3 nitrogen and oxygen atoms in total. The number of aryl methyl sites for hydroxylation is 1. The fourth-order valence-electron chi connectivity index (χ4n) is 1.49. The molecule has 0 atom stereocenters. The summed E-state index contributed by atoms with van der Waals surface area (Å²) >= 11 is 3.43. The summed E-state index contributed by atoms with van der Waals surface area (Å²) in [5.74, 6) is 0.839. The van der Waals surface area contributed by atoms with Crippen molar-refractivity contribution in [1.29, 1.82) is 0 Å². The van der Waals surface area contributed by atoms with E-state index >= 15 is 0 Å². The number of hydrogen-bond donors (Lipinski definition) is 2.